The van der Waals surface area contributed by atoms with E-state index in [0.717, 1.165) is 35.1 Å². The second kappa shape index (κ2) is 10.1. The van der Waals surface area contributed by atoms with Crippen molar-refractivity contribution in [3.63, 3.8) is 0 Å². The summed E-state index contributed by atoms with van der Waals surface area (Å²) in [7, 11) is 1.60. The van der Waals surface area contributed by atoms with E-state index in [0.29, 0.717) is 6.54 Å². The molecule has 2 amide bonds. The first-order valence-corrected chi connectivity index (χ1v) is 10.5. The van der Waals surface area contributed by atoms with Gasteiger partial charge in [0.1, 0.15) is 12.6 Å². The maximum atomic E-state index is 12.6. The number of alkyl carbamates (subject to hydrolysis) is 1. The number of carbonyl (C=O) groups excluding carboxylic acids is 2. The number of likely N-dealkylation sites (N-methyl/N-ethyl adjacent to an activating group) is 1. The van der Waals surface area contributed by atoms with Crippen molar-refractivity contribution in [2.24, 2.45) is 0 Å². The highest BCUT2D eigenvalue weighted by atomic mass is 16.5. The van der Waals surface area contributed by atoms with Crippen LogP contribution in [0, 0.1) is 0 Å². The van der Waals surface area contributed by atoms with Crippen LogP contribution in [0.3, 0.4) is 0 Å². The van der Waals surface area contributed by atoms with Crippen LogP contribution in [0.5, 0.6) is 0 Å². The lowest BCUT2D eigenvalue weighted by molar-refractivity contribution is -0.142. The number of amides is 2. The Kier molecular flexibility index (Phi) is 7.28. The molecule has 1 aliphatic rings. The predicted molar refractivity (Wildman–Crippen MR) is 117 cm³/mol. The Morgan fingerprint density at radius 2 is 1.65 bits per heavy atom. The van der Waals surface area contributed by atoms with E-state index in [9.17, 15) is 14.4 Å². The third kappa shape index (κ3) is 5.23. The van der Waals surface area contributed by atoms with Crippen molar-refractivity contribution >= 4 is 18.0 Å². The summed E-state index contributed by atoms with van der Waals surface area (Å²) in [4.78, 5) is 37.7. The molecule has 0 heterocycles. The lowest BCUT2D eigenvalue weighted by atomic mass is 9.98. The molecule has 0 bridgehead atoms. The number of ether oxygens (including phenoxy) is 1. The number of hydrogen-bond donors (Lipinski definition) is 2. The molecule has 0 radical (unpaired) electrons. The Labute approximate surface area is 182 Å². The van der Waals surface area contributed by atoms with Gasteiger partial charge in [0, 0.05) is 19.5 Å². The smallest absolute Gasteiger partial charge is 0.407 e. The first kappa shape index (κ1) is 22.3. The fraction of sp³-hybridized carbons (Fsp3) is 0.375. The van der Waals surface area contributed by atoms with Gasteiger partial charge in [-0.2, -0.15) is 0 Å². The Balaban J connectivity index is 1.66. The monoisotopic (exact) mass is 424 g/mol. The van der Waals surface area contributed by atoms with Crippen molar-refractivity contribution in [2.45, 2.75) is 38.1 Å². The van der Waals surface area contributed by atoms with Crippen molar-refractivity contribution in [3.05, 3.63) is 59.7 Å². The topological polar surface area (TPSA) is 95.9 Å². The minimum absolute atomic E-state index is 0.0967. The zero-order chi connectivity index (χ0) is 22.4. The molecule has 31 heavy (non-hydrogen) atoms. The molecule has 0 aromatic heterocycles. The number of benzene rings is 2. The Bertz CT molecular complexity index is 913. The lowest BCUT2D eigenvalue weighted by Gasteiger charge is -2.23. The van der Waals surface area contributed by atoms with Crippen molar-refractivity contribution in [3.8, 4) is 11.1 Å². The molecule has 2 aromatic carbocycles. The fourth-order valence-electron chi connectivity index (χ4n) is 3.93. The van der Waals surface area contributed by atoms with E-state index in [1.54, 1.807) is 7.05 Å². The molecular formula is C24H28N2O5. The van der Waals surface area contributed by atoms with Gasteiger partial charge in [-0.1, -0.05) is 61.9 Å². The Morgan fingerprint density at radius 3 is 2.19 bits per heavy atom. The van der Waals surface area contributed by atoms with Crippen LogP contribution in [0.1, 0.15) is 43.2 Å². The maximum absolute atomic E-state index is 12.6. The quantitative estimate of drug-likeness (QED) is 0.641. The highest BCUT2D eigenvalue weighted by Gasteiger charge is 2.30. The molecule has 0 saturated carbocycles. The summed E-state index contributed by atoms with van der Waals surface area (Å²) < 4.78 is 5.45. The average molecular weight is 424 g/mol. The number of unbranched alkanes of at least 4 members (excludes halogenated alkanes) is 1. The summed E-state index contributed by atoms with van der Waals surface area (Å²) in [5.74, 6) is -1.72. The van der Waals surface area contributed by atoms with Gasteiger partial charge in [-0.25, -0.2) is 4.79 Å². The number of nitrogens with zero attached hydrogens (tertiary/aromatic N) is 1. The van der Waals surface area contributed by atoms with Gasteiger partial charge < -0.3 is 20.1 Å². The summed E-state index contributed by atoms with van der Waals surface area (Å²) >= 11 is 0. The van der Waals surface area contributed by atoms with Crippen LogP contribution in [0.25, 0.3) is 11.1 Å². The molecule has 0 saturated heterocycles. The Hall–Kier alpha value is -3.35. The fourth-order valence-corrected chi connectivity index (χ4v) is 3.93. The second-order valence-electron chi connectivity index (χ2n) is 7.73. The van der Waals surface area contributed by atoms with Crippen LogP contribution in [0.15, 0.2) is 48.5 Å². The molecule has 1 unspecified atom stereocenters. The number of aliphatic carboxylic acids is 1. The first-order chi connectivity index (χ1) is 14.9. The summed E-state index contributed by atoms with van der Waals surface area (Å²) in [6.07, 6.45) is 0.401. The molecule has 0 aliphatic heterocycles. The Morgan fingerprint density at radius 1 is 1.06 bits per heavy atom. The average Bonchev–Trinajstić information content (AvgIpc) is 3.08. The summed E-state index contributed by atoms with van der Waals surface area (Å²) in [6, 6.07) is 14.8. The highest BCUT2D eigenvalue weighted by molar-refractivity contribution is 5.89. The number of carbonyl (C=O) groups is 3. The normalized spacial score (nSPS) is 13.1. The molecule has 0 spiro atoms. The predicted octanol–water partition coefficient (Wildman–Crippen LogP) is 3.63. The van der Waals surface area contributed by atoms with Crippen molar-refractivity contribution < 1.29 is 24.2 Å². The summed E-state index contributed by atoms with van der Waals surface area (Å²) in [5, 5.41) is 11.6. The second-order valence-corrected chi connectivity index (χ2v) is 7.73. The van der Waals surface area contributed by atoms with Crippen LogP contribution < -0.4 is 5.32 Å². The minimum Gasteiger partial charge on any atom is -0.481 e. The van der Waals surface area contributed by atoms with Crippen molar-refractivity contribution in [2.75, 3.05) is 20.2 Å². The van der Waals surface area contributed by atoms with Gasteiger partial charge in [-0.15, -0.1) is 0 Å². The molecule has 1 aliphatic carbocycles. The number of nitrogens with one attached hydrogen (secondary N) is 1. The van der Waals surface area contributed by atoms with Crippen LogP contribution >= 0.6 is 0 Å². The van der Waals surface area contributed by atoms with Gasteiger partial charge in [0.25, 0.3) is 0 Å². The van der Waals surface area contributed by atoms with E-state index >= 15 is 0 Å². The van der Waals surface area contributed by atoms with Gasteiger partial charge in [-0.05, 0) is 28.7 Å². The van der Waals surface area contributed by atoms with E-state index in [1.165, 1.54) is 4.90 Å². The van der Waals surface area contributed by atoms with E-state index < -0.39 is 30.4 Å². The molecule has 2 N–H and O–H groups in total. The molecule has 1 atom stereocenters. The molecule has 3 rings (SSSR count). The third-order valence-corrected chi connectivity index (χ3v) is 5.54. The largest absolute Gasteiger partial charge is 0.481 e. The lowest BCUT2D eigenvalue weighted by Crippen LogP contribution is -2.48. The van der Waals surface area contributed by atoms with Gasteiger partial charge >= 0.3 is 12.1 Å². The molecule has 7 nitrogen and oxygen atoms in total. The number of carboxylic acids is 1. The van der Waals surface area contributed by atoms with Crippen LogP contribution in [-0.2, 0) is 14.3 Å². The van der Waals surface area contributed by atoms with E-state index in [4.69, 9.17) is 9.84 Å². The molecule has 0 fully saturated rings. The SMILES string of the molecule is CCCCN(C)C(=O)C(CC(=O)O)NC(=O)OCC1c2ccccc2-c2ccccc21. The van der Waals surface area contributed by atoms with E-state index in [1.807, 2.05) is 55.5 Å². The zero-order valence-electron chi connectivity index (χ0n) is 17.8. The van der Waals surface area contributed by atoms with Crippen LogP contribution in [-0.4, -0.2) is 54.2 Å². The minimum atomic E-state index is -1.17. The molecular weight excluding hydrogens is 396 g/mol. The third-order valence-electron chi connectivity index (χ3n) is 5.54. The summed E-state index contributed by atoms with van der Waals surface area (Å²) in [6.45, 7) is 2.60. The van der Waals surface area contributed by atoms with Crippen LogP contribution in [0.2, 0.25) is 0 Å². The number of fused-ring (bicyclic) bond motifs is 3. The number of rotatable bonds is 9. The van der Waals surface area contributed by atoms with Crippen molar-refractivity contribution in [1.82, 2.24) is 10.2 Å². The van der Waals surface area contributed by atoms with Gasteiger partial charge in [0.2, 0.25) is 5.91 Å². The standard InChI is InChI=1S/C24H28N2O5/c1-3-4-13-26(2)23(29)21(14-22(27)28)25-24(30)31-15-20-18-11-7-5-9-16(18)17-10-6-8-12-19(17)20/h5-12,20-21H,3-4,13-15H2,1-2H3,(H,25,30)(H,27,28). The molecule has 2 aromatic rings. The molecule has 164 valence electrons. The van der Waals surface area contributed by atoms with E-state index in [2.05, 4.69) is 5.32 Å². The highest BCUT2D eigenvalue weighted by Crippen LogP contribution is 2.44. The van der Waals surface area contributed by atoms with Gasteiger partial charge in [-0.3, -0.25) is 9.59 Å². The number of carboxylic acid groups (broad SMARTS) is 1. The van der Waals surface area contributed by atoms with Crippen molar-refractivity contribution in [1.29, 1.82) is 0 Å². The summed E-state index contributed by atoms with van der Waals surface area (Å²) in [5.41, 5.74) is 4.38. The van der Waals surface area contributed by atoms with Gasteiger partial charge in [0.05, 0.1) is 6.42 Å². The van der Waals surface area contributed by atoms with E-state index in [-0.39, 0.29) is 12.5 Å². The number of hydrogen-bond acceptors (Lipinski definition) is 4. The molecule has 7 heteroatoms. The zero-order valence-corrected chi connectivity index (χ0v) is 17.8. The first-order valence-electron chi connectivity index (χ1n) is 10.5. The van der Waals surface area contributed by atoms with Gasteiger partial charge in [0.15, 0.2) is 0 Å². The van der Waals surface area contributed by atoms with Crippen LogP contribution in [0.4, 0.5) is 4.79 Å². The maximum Gasteiger partial charge on any atom is 0.407 e.